The van der Waals surface area contributed by atoms with Crippen LogP contribution < -0.4 is 14.8 Å². The molecule has 2 aromatic rings. The number of hydrogen-bond acceptors (Lipinski definition) is 6. The van der Waals surface area contributed by atoms with Crippen molar-refractivity contribution >= 4 is 0 Å². The number of β-amino-alcohol motifs (C(OH)–C–C–N with tert-alkyl or cyclic N) is 1. The van der Waals surface area contributed by atoms with Gasteiger partial charge < -0.3 is 24.8 Å². The van der Waals surface area contributed by atoms with Gasteiger partial charge in [0.25, 0.3) is 0 Å². The van der Waals surface area contributed by atoms with Crippen LogP contribution in [0.25, 0.3) is 0 Å². The van der Waals surface area contributed by atoms with Gasteiger partial charge in [0.2, 0.25) is 0 Å². The fourth-order valence-electron chi connectivity index (χ4n) is 4.00. The van der Waals surface area contributed by atoms with Crippen molar-refractivity contribution in [2.45, 2.75) is 64.8 Å². The first-order valence-electron chi connectivity index (χ1n) is 11.6. The Hall–Kier alpha value is -2.09. The van der Waals surface area contributed by atoms with Crippen LogP contribution in [-0.4, -0.2) is 59.2 Å². The molecule has 2 N–H and O–H groups in total. The molecule has 1 atom stereocenters. The lowest BCUT2D eigenvalue weighted by atomic mass is 10.1. The van der Waals surface area contributed by atoms with E-state index < -0.39 is 6.10 Å². The standard InChI is InChI=1S/C24H38N4O3/c1-3-28-17-21(16-26-28)15-25-14-20-9-10-23(24(13-20)30-2)31-19-22(29)18-27-11-7-5-4-6-8-12-27/h9-10,13,16-17,22,25,29H,3-8,11-12,14-15,18-19H2,1-2H3/t22-/m1/s1. The molecule has 0 spiro atoms. The molecule has 1 aromatic heterocycles. The summed E-state index contributed by atoms with van der Waals surface area (Å²) in [5.41, 5.74) is 2.29. The van der Waals surface area contributed by atoms with Crippen LogP contribution in [0.15, 0.2) is 30.6 Å². The summed E-state index contributed by atoms with van der Waals surface area (Å²) in [4.78, 5) is 2.36. The van der Waals surface area contributed by atoms with Crippen molar-refractivity contribution in [3.63, 3.8) is 0 Å². The van der Waals surface area contributed by atoms with Crippen LogP contribution in [0.5, 0.6) is 11.5 Å². The SMILES string of the molecule is CCn1cc(CNCc2ccc(OC[C@H](O)CN3CCCCCCC3)c(OC)c2)cn1. The van der Waals surface area contributed by atoms with E-state index in [2.05, 4.69) is 28.4 Å². The number of rotatable bonds is 11. The van der Waals surface area contributed by atoms with Crippen LogP contribution >= 0.6 is 0 Å². The Morgan fingerprint density at radius 1 is 1.06 bits per heavy atom. The summed E-state index contributed by atoms with van der Waals surface area (Å²) < 4.78 is 13.3. The van der Waals surface area contributed by atoms with Gasteiger partial charge in [0.05, 0.1) is 13.3 Å². The predicted octanol–water partition coefficient (Wildman–Crippen LogP) is 3.21. The van der Waals surface area contributed by atoms with Gasteiger partial charge in [0.1, 0.15) is 12.7 Å². The number of aryl methyl sites for hydroxylation is 1. The molecule has 1 saturated heterocycles. The first-order chi connectivity index (χ1) is 15.2. The van der Waals surface area contributed by atoms with E-state index in [1.165, 1.54) is 37.7 Å². The van der Waals surface area contributed by atoms with Crippen molar-refractivity contribution in [1.29, 1.82) is 0 Å². The zero-order chi connectivity index (χ0) is 21.9. The van der Waals surface area contributed by atoms with Gasteiger partial charge in [-0.25, -0.2) is 0 Å². The maximum atomic E-state index is 10.5. The van der Waals surface area contributed by atoms with Crippen molar-refractivity contribution in [2.75, 3.05) is 33.4 Å². The second-order valence-electron chi connectivity index (χ2n) is 8.33. The second-order valence-corrected chi connectivity index (χ2v) is 8.33. The van der Waals surface area contributed by atoms with Gasteiger partial charge in [-0.05, 0) is 50.6 Å². The number of likely N-dealkylation sites (tertiary alicyclic amines) is 1. The Balaban J connectivity index is 1.45. The van der Waals surface area contributed by atoms with Crippen molar-refractivity contribution in [3.8, 4) is 11.5 Å². The molecule has 31 heavy (non-hydrogen) atoms. The highest BCUT2D eigenvalue weighted by atomic mass is 16.5. The summed E-state index contributed by atoms with van der Waals surface area (Å²) in [6, 6.07) is 5.95. The van der Waals surface area contributed by atoms with Crippen LogP contribution in [0.1, 0.15) is 50.2 Å². The highest BCUT2D eigenvalue weighted by Gasteiger charge is 2.15. The lowest BCUT2D eigenvalue weighted by molar-refractivity contribution is 0.0645. The van der Waals surface area contributed by atoms with Gasteiger partial charge in [0.15, 0.2) is 11.5 Å². The third-order valence-corrected chi connectivity index (χ3v) is 5.75. The lowest BCUT2D eigenvalue weighted by Gasteiger charge is -2.26. The Morgan fingerprint density at radius 3 is 2.52 bits per heavy atom. The highest BCUT2D eigenvalue weighted by Crippen LogP contribution is 2.28. The fraction of sp³-hybridized carbons (Fsp3) is 0.625. The molecule has 0 bridgehead atoms. The Morgan fingerprint density at radius 2 is 1.81 bits per heavy atom. The molecule has 0 aliphatic carbocycles. The van der Waals surface area contributed by atoms with E-state index in [9.17, 15) is 5.11 Å². The number of methoxy groups -OCH3 is 1. The first-order valence-corrected chi connectivity index (χ1v) is 11.6. The van der Waals surface area contributed by atoms with Crippen molar-refractivity contribution < 1.29 is 14.6 Å². The maximum Gasteiger partial charge on any atom is 0.161 e. The predicted molar refractivity (Wildman–Crippen MR) is 122 cm³/mol. The van der Waals surface area contributed by atoms with Crippen LogP contribution in [0, 0.1) is 0 Å². The number of nitrogens with zero attached hydrogens (tertiary/aromatic N) is 3. The molecule has 0 saturated carbocycles. The molecule has 2 heterocycles. The largest absolute Gasteiger partial charge is 0.493 e. The van der Waals surface area contributed by atoms with Gasteiger partial charge in [-0.15, -0.1) is 0 Å². The van der Waals surface area contributed by atoms with E-state index in [0.717, 1.165) is 38.3 Å². The summed E-state index contributed by atoms with van der Waals surface area (Å²) in [6.45, 7) is 7.53. The van der Waals surface area contributed by atoms with E-state index in [0.29, 0.717) is 18.0 Å². The molecule has 0 unspecified atom stereocenters. The summed E-state index contributed by atoms with van der Waals surface area (Å²) >= 11 is 0. The number of aliphatic hydroxyl groups is 1. The van der Waals surface area contributed by atoms with Gasteiger partial charge in [0, 0.05) is 37.9 Å². The zero-order valence-electron chi connectivity index (χ0n) is 19.1. The van der Waals surface area contributed by atoms with Crippen molar-refractivity contribution in [1.82, 2.24) is 20.0 Å². The summed E-state index contributed by atoms with van der Waals surface area (Å²) in [6.07, 6.45) is 9.82. The highest BCUT2D eigenvalue weighted by molar-refractivity contribution is 5.43. The minimum Gasteiger partial charge on any atom is -0.493 e. The van der Waals surface area contributed by atoms with Gasteiger partial charge in [-0.1, -0.05) is 25.3 Å². The Bertz CT molecular complexity index is 772. The zero-order valence-corrected chi connectivity index (χ0v) is 19.1. The number of hydrogen-bond donors (Lipinski definition) is 2. The van der Waals surface area contributed by atoms with Gasteiger partial charge in [-0.3, -0.25) is 4.68 Å². The molecular formula is C24H38N4O3. The molecule has 1 aliphatic rings. The third-order valence-electron chi connectivity index (χ3n) is 5.75. The normalized spacial score (nSPS) is 16.5. The smallest absolute Gasteiger partial charge is 0.161 e. The van der Waals surface area contributed by atoms with Crippen LogP contribution in [0.3, 0.4) is 0 Å². The quantitative estimate of drug-likeness (QED) is 0.570. The molecule has 0 amide bonds. The molecule has 1 fully saturated rings. The Labute approximate surface area is 186 Å². The molecule has 3 rings (SSSR count). The van der Waals surface area contributed by atoms with E-state index in [1.807, 2.05) is 29.1 Å². The third kappa shape index (κ3) is 7.83. The minimum atomic E-state index is -0.505. The van der Waals surface area contributed by atoms with Crippen LogP contribution in [-0.2, 0) is 19.6 Å². The fourth-order valence-corrected chi connectivity index (χ4v) is 4.00. The summed E-state index contributed by atoms with van der Waals surface area (Å²) in [7, 11) is 1.65. The molecule has 0 radical (unpaired) electrons. The number of aliphatic hydroxyl groups excluding tert-OH is 1. The number of aromatic nitrogens is 2. The topological polar surface area (TPSA) is 71.8 Å². The average Bonchev–Trinajstić information content (AvgIpc) is 3.22. The average molecular weight is 431 g/mol. The molecule has 1 aromatic carbocycles. The first kappa shape index (κ1) is 23.6. The van der Waals surface area contributed by atoms with Crippen molar-refractivity contribution in [2.24, 2.45) is 0 Å². The molecule has 7 nitrogen and oxygen atoms in total. The maximum absolute atomic E-state index is 10.5. The molecule has 7 heteroatoms. The van der Waals surface area contributed by atoms with Crippen LogP contribution in [0.4, 0.5) is 0 Å². The van der Waals surface area contributed by atoms with E-state index in [-0.39, 0.29) is 6.61 Å². The number of ether oxygens (including phenoxy) is 2. The monoisotopic (exact) mass is 430 g/mol. The van der Waals surface area contributed by atoms with Gasteiger partial charge >= 0.3 is 0 Å². The van der Waals surface area contributed by atoms with E-state index >= 15 is 0 Å². The number of benzene rings is 1. The van der Waals surface area contributed by atoms with E-state index in [1.54, 1.807) is 7.11 Å². The number of nitrogens with one attached hydrogen (secondary N) is 1. The summed E-state index contributed by atoms with van der Waals surface area (Å²) in [5, 5.41) is 18.2. The minimum absolute atomic E-state index is 0.270. The van der Waals surface area contributed by atoms with Crippen LogP contribution in [0.2, 0.25) is 0 Å². The lowest BCUT2D eigenvalue weighted by Crippen LogP contribution is -2.37. The summed E-state index contributed by atoms with van der Waals surface area (Å²) in [5.74, 6) is 1.36. The molecular weight excluding hydrogens is 392 g/mol. The molecule has 172 valence electrons. The second kappa shape index (κ2) is 12.7. The Kier molecular flexibility index (Phi) is 9.65. The van der Waals surface area contributed by atoms with Gasteiger partial charge in [-0.2, -0.15) is 5.10 Å². The molecule has 1 aliphatic heterocycles. The van der Waals surface area contributed by atoms with Crippen molar-refractivity contribution in [3.05, 3.63) is 41.7 Å². The van der Waals surface area contributed by atoms with E-state index in [4.69, 9.17) is 9.47 Å².